The van der Waals surface area contributed by atoms with E-state index in [4.69, 9.17) is 10.8 Å². The Morgan fingerprint density at radius 1 is 1.33 bits per heavy atom. The predicted octanol–water partition coefficient (Wildman–Crippen LogP) is 2.08. The van der Waals surface area contributed by atoms with Gasteiger partial charge in [0, 0.05) is 6.07 Å². The quantitative estimate of drug-likeness (QED) is 0.502. The van der Waals surface area contributed by atoms with Crippen molar-refractivity contribution in [3.63, 3.8) is 0 Å². The Hall–Kier alpha value is -1.58. The van der Waals surface area contributed by atoms with Crippen molar-refractivity contribution in [3.8, 4) is 0 Å². The molecule has 64 valence electrons. The van der Waals surface area contributed by atoms with Crippen LogP contribution < -0.4 is 5.73 Å². The van der Waals surface area contributed by atoms with Crippen molar-refractivity contribution in [1.82, 2.24) is 0 Å². The van der Waals surface area contributed by atoms with Gasteiger partial charge in [-0.3, -0.25) is 0 Å². The first-order valence-corrected chi connectivity index (χ1v) is 3.15. The number of halogens is 2. The number of aliphatic hydroxyl groups is 1. The molecule has 2 nitrogen and oxygen atoms in total. The number of hydrogen-bond acceptors (Lipinski definition) is 2. The molecule has 0 aliphatic rings. The molecule has 4 heteroatoms. The van der Waals surface area contributed by atoms with E-state index in [0.29, 0.717) is 0 Å². The normalized spacial score (nSPS) is 9.83. The Morgan fingerprint density at radius 2 is 1.92 bits per heavy atom. The summed E-state index contributed by atoms with van der Waals surface area (Å²) in [5, 5.41) is 8.78. The summed E-state index contributed by atoms with van der Waals surface area (Å²) in [5.41, 5.74) is 4.49. The van der Waals surface area contributed by atoms with Gasteiger partial charge in [-0.15, -0.1) is 0 Å². The van der Waals surface area contributed by atoms with E-state index in [2.05, 4.69) is 6.58 Å². The van der Waals surface area contributed by atoms with Crippen molar-refractivity contribution in [3.05, 3.63) is 35.9 Å². The zero-order valence-electron chi connectivity index (χ0n) is 6.14. The van der Waals surface area contributed by atoms with Gasteiger partial charge in [0.05, 0.1) is 11.3 Å². The number of aliphatic hydroxyl groups excluding tert-OH is 1. The van der Waals surface area contributed by atoms with Crippen molar-refractivity contribution < 1.29 is 13.9 Å². The van der Waals surface area contributed by atoms with E-state index in [9.17, 15) is 8.78 Å². The molecule has 0 aromatic heterocycles. The average Bonchev–Trinajstić information content (AvgIpc) is 1.96. The number of anilines is 1. The summed E-state index contributed by atoms with van der Waals surface area (Å²) < 4.78 is 25.5. The molecule has 0 amide bonds. The largest absolute Gasteiger partial charge is 0.508 e. The van der Waals surface area contributed by atoms with E-state index in [-0.39, 0.29) is 11.3 Å². The Bertz CT molecular complexity index is 336. The van der Waals surface area contributed by atoms with E-state index in [1.165, 1.54) is 0 Å². The first-order chi connectivity index (χ1) is 5.52. The van der Waals surface area contributed by atoms with Gasteiger partial charge < -0.3 is 10.8 Å². The topological polar surface area (TPSA) is 46.2 Å². The number of nitrogen functional groups attached to an aromatic ring is 1. The molecule has 0 heterocycles. The first-order valence-electron chi connectivity index (χ1n) is 3.15. The van der Waals surface area contributed by atoms with Crippen LogP contribution in [0.5, 0.6) is 0 Å². The van der Waals surface area contributed by atoms with E-state index in [1.807, 2.05) is 0 Å². The smallest absolute Gasteiger partial charge is 0.147 e. The van der Waals surface area contributed by atoms with Crippen LogP contribution in [0.3, 0.4) is 0 Å². The first kappa shape index (κ1) is 8.52. The molecule has 1 rings (SSSR count). The Kier molecular flexibility index (Phi) is 1.99. The highest BCUT2D eigenvalue weighted by atomic mass is 19.1. The second-order valence-electron chi connectivity index (χ2n) is 2.30. The third-order valence-electron chi connectivity index (χ3n) is 1.40. The highest BCUT2D eigenvalue weighted by molar-refractivity contribution is 5.59. The second-order valence-corrected chi connectivity index (χ2v) is 2.30. The molecule has 0 saturated carbocycles. The Morgan fingerprint density at radius 3 is 2.42 bits per heavy atom. The molecule has 0 aliphatic carbocycles. The predicted molar refractivity (Wildman–Crippen MR) is 42.4 cm³/mol. The zero-order valence-corrected chi connectivity index (χ0v) is 6.14. The number of hydrogen-bond donors (Lipinski definition) is 2. The molecule has 0 spiro atoms. The summed E-state index contributed by atoms with van der Waals surface area (Å²) in [6.07, 6.45) is 0. The van der Waals surface area contributed by atoms with Crippen LogP contribution in [0.1, 0.15) is 5.56 Å². The van der Waals surface area contributed by atoms with Gasteiger partial charge in [-0.1, -0.05) is 6.58 Å². The molecule has 12 heavy (non-hydrogen) atoms. The lowest BCUT2D eigenvalue weighted by Gasteiger charge is -2.02. The van der Waals surface area contributed by atoms with Crippen molar-refractivity contribution in [2.45, 2.75) is 0 Å². The lowest BCUT2D eigenvalue weighted by Crippen LogP contribution is -1.96. The minimum Gasteiger partial charge on any atom is -0.508 e. The van der Waals surface area contributed by atoms with Crippen LogP contribution in [0, 0.1) is 11.6 Å². The van der Waals surface area contributed by atoms with Crippen LogP contribution in [-0.4, -0.2) is 5.11 Å². The minimum atomic E-state index is -0.790. The number of nitrogens with two attached hydrogens (primary N) is 1. The maximum atomic E-state index is 12.8. The van der Waals surface area contributed by atoms with Crippen LogP contribution in [0.15, 0.2) is 18.7 Å². The maximum absolute atomic E-state index is 12.8. The maximum Gasteiger partial charge on any atom is 0.147 e. The summed E-state index contributed by atoms with van der Waals surface area (Å²) in [4.78, 5) is 0. The van der Waals surface area contributed by atoms with Gasteiger partial charge >= 0.3 is 0 Å². The summed E-state index contributed by atoms with van der Waals surface area (Å²) in [6, 6.07) is 1.60. The molecule has 0 unspecified atom stereocenters. The number of rotatable bonds is 1. The van der Waals surface area contributed by atoms with Gasteiger partial charge in [0.15, 0.2) is 0 Å². The van der Waals surface area contributed by atoms with Gasteiger partial charge in [-0.25, -0.2) is 8.78 Å². The average molecular weight is 171 g/mol. The zero-order chi connectivity index (χ0) is 9.30. The van der Waals surface area contributed by atoms with Crippen LogP contribution >= 0.6 is 0 Å². The monoisotopic (exact) mass is 171 g/mol. The minimum absolute atomic E-state index is 0.276. The van der Waals surface area contributed by atoms with Gasteiger partial charge in [0.25, 0.3) is 0 Å². The summed E-state index contributed by atoms with van der Waals surface area (Å²) >= 11 is 0. The standard InChI is InChI=1S/C8H7F2NO/c1-4(12)5-2-7(10)8(11)3-6(5)9/h2-3,12H,1,11H2. The van der Waals surface area contributed by atoms with E-state index in [0.717, 1.165) is 12.1 Å². The summed E-state index contributed by atoms with van der Waals surface area (Å²) in [6.45, 7) is 3.07. The fraction of sp³-hybridized carbons (Fsp3) is 0. The third kappa shape index (κ3) is 1.37. The fourth-order valence-corrected chi connectivity index (χ4v) is 0.783. The van der Waals surface area contributed by atoms with E-state index in [1.54, 1.807) is 0 Å². The molecule has 0 fully saturated rings. The third-order valence-corrected chi connectivity index (χ3v) is 1.40. The van der Waals surface area contributed by atoms with Crippen molar-refractivity contribution in [1.29, 1.82) is 0 Å². The van der Waals surface area contributed by atoms with Crippen LogP contribution in [0.25, 0.3) is 5.76 Å². The Labute approximate surface area is 67.9 Å². The molecule has 1 aromatic carbocycles. The molecule has 0 radical (unpaired) electrons. The molecular weight excluding hydrogens is 164 g/mol. The second kappa shape index (κ2) is 2.81. The Balaban J connectivity index is 3.33. The summed E-state index contributed by atoms with van der Waals surface area (Å²) in [7, 11) is 0. The molecule has 0 aliphatic heterocycles. The van der Waals surface area contributed by atoms with Crippen molar-refractivity contribution in [2.24, 2.45) is 0 Å². The fourth-order valence-electron chi connectivity index (χ4n) is 0.783. The van der Waals surface area contributed by atoms with Crippen LogP contribution in [-0.2, 0) is 0 Å². The van der Waals surface area contributed by atoms with E-state index >= 15 is 0 Å². The molecule has 1 aromatic rings. The van der Waals surface area contributed by atoms with Gasteiger partial charge in [-0.2, -0.15) is 0 Å². The lowest BCUT2D eigenvalue weighted by molar-refractivity contribution is 0.502. The SMILES string of the molecule is C=C(O)c1cc(F)c(N)cc1F. The van der Waals surface area contributed by atoms with Gasteiger partial charge in [0.2, 0.25) is 0 Å². The van der Waals surface area contributed by atoms with Crippen LogP contribution in [0.4, 0.5) is 14.5 Å². The lowest BCUT2D eigenvalue weighted by atomic mass is 10.1. The molecular formula is C8H7F2NO. The van der Waals surface area contributed by atoms with Crippen molar-refractivity contribution >= 4 is 11.4 Å². The number of benzene rings is 1. The van der Waals surface area contributed by atoms with Crippen LogP contribution in [0.2, 0.25) is 0 Å². The molecule has 0 bridgehead atoms. The molecule has 0 saturated heterocycles. The molecule has 3 N–H and O–H groups in total. The highest BCUT2D eigenvalue weighted by Gasteiger charge is 2.09. The highest BCUT2D eigenvalue weighted by Crippen LogP contribution is 2.20. The summed E-state index contributed by atoms with van der Waals surface area (Å²) in [5.74, 6) is -2.09. The molecule has 0 atom stereocenters. The van der Waals surface area contributed by atoms with Gasteiger partial charge in [0.1, 0.15) is 17.4 Å². The van der Waals surface area contributed by atoms with E-state index < -0.39 is 17.4 Å². The van der Waals surface area contributed by atoms with Gasteiger partial charge in [-0.05, 0) is 6.07 Å². The van der Waals surface area contributed by atoms with Crippen molar-refractivity contribution in [2.75, 3.05) is 5.73 Å².